The largest absolute Gasteiger partial charge is 0.469 e. The number of nitrogens with zero attached hydrogens (tertiary/aromatic N) is 1. The number of benzene rings is 1. The molecule has 0 spiro atoms. The van der Waals surface area contributed by atoms with Crippen molar-refractivity contribution < 1.29 is 9.53 Å². The van der Waals surface area contributed by atoms with E-state index in [4.69, 9.17) is 16.9 Å². The van der Waals surface area contributed by atoms with Crippen molar-refractivity contribution in [3.8, 4) is 6.07 Å². The lowest BCUT2D eigenvalue weighted by atomic mass is 10.2. The highest BCUT2D eigenvalue weighted by Crippen LogP contribution is 2.31. The second-order valence-corrected chi connectivity index (χ2v) is 5.32. The van der Waals surface area contributed by atoms with Gasteiger partial charge in [0.2, 0.25) is 0 Å². The van der Waals surface area contributed by atoms with E-state index in [2.05, 4.69) is 10.8 Å². The predicted molar refractivity (Wildman–Crippen MR) is 68.1 cm³/mol. The van der Waals surface area contributed by atoms with E-state index in [1.165, 1.54) is 18.9 Å². The highest BCUT2D eigenvalue weighted by molar-refractivity contribution is 8.00. The fourth-order valence-corrected chi connectivity index (χ4v) is 2.64. The van der Waals surface area contributed by atoms with Gasteiger partial charge in [0.25, 0.3) is 0 Å². The first kappa shape index (κ1) is 13.9. The van der Waals surface area contributed by atoms with E-state index in [-0.39, 0.29) is 11.2 Å². The monoisotopic (exact) mass is 269 g/mol. The summed E-state index contributed by atoms with van der Waals surface area (Å²) >= 11 is 7.36. The van der Waals surface area contributed by atoms with Crippen molar-refractivity contribution in [3.63, 3.8) is 0 Å². The number of thioether (sulfide) groups is 1. The summed E-state index contributed by atoms with van der Waals surface area (Å²) in [5.41, 5.74) is 0.455. The summed E-state index contributed by atoms with van der Waals surface area (Å²) in [5, 5.41) is 9.47. The van der Waals surface area contributed by atoms with E-state index in [1.807, 2.05) is 13.0 Å². The molecular weight excluding hydrogens is 258 g/mol. The van der Waals surface area contributed by atoms with Crippen molar-refractivity contribution in [2.24, 2.45) is 0 Å². The molecule has 3 nitrogen and oxygen atoms in total. The number of halogens is 1. The molecule has 0 radical (unpaired) electrons. The Hall–Kier alpha value is -1.18. The average molecular weight is 270 g/mol. The normalized spacial score (nSPS) is 11.6. The summed E-state index contributed by atoms with van der Waals surface area (Å²) < 4.78 is 4.60. The van der Waals surface area contributed by atoms with Gasteiger partial charge in [-0.1, -0.05) is 24.6 Å². The molecule has 0 saturated carbocycles. The molecule has 1 aromatic rings. The summed E-state index contributed by atoms with van der Waals surface area (Å²) in [6.07, 6.45) is 0.304. The van der Waals surface area contributed by atoms with Gasteiger partial charge in [0.05, 0.1) is 24.1 Å². The molecular formula is C12H12ClNO2S. The third-order valence-corrected chi connectivity index (χ3v) is 3.58. The Morgan fingerprint density at radius 1 is 1.65 bits per heavy atom. The van der Waals surface area contributed by atoms with Crippen LogP contribution in [0.1, 0.15) is 18.9 Å². The Kier molecular flexibility index (Phi) is 5.33. The Morgan fingerprint density at radius 2 is 2.35 bits per heavy atom. The number of rotatable bonds is 4. The molecule has 0 amide bonds. The summed E-state index contributed by atoms with van der Waals surface area (Å²) in [6.45, 7) is 1.91. The molecule has 0 N–H and O–H groups in total. The Balaban J connectivity index is 2.79. The fourth-order valence-electron chi connectivity index (χ4n) is 1.29. The van der Waals surface area contributed by atoms with Crippen molar-refractivity contribution in [3.05, 3.63) is 28.8 Å². The Morgan fingerprint density at radius 3 is 2.94 bits per heavy atom. The van der Waals surface area contributed by atoms with Gasteiger partial charge in [-0.05, 0) is 12.1 Å². The average Bonchev–Trinajstić information content (AvgIpc) is 2.29. The van der Waals surface area contributed by atoms with E-state index in [9.17, 15) is 4.79 Å². The highest BCUT2D eigenvalue weighted by atomic mass is 35.5. The third-order valence-electron chi connectivity index (χ3n) is 2.10. The van der Waals surface area contributed by atoms with Crippen LogP contribution in [0, 0.1) is 11.3 Å². The van der Waals surface area contributed by atoms with E-state index in [1.54, 1.807) is 12.1 Å². The molecule has 17 heavy (non-hydrogen) atoms. The zero-order valence-corrected chi connectivity index (χ0v) is 11.1. The lowest BCUT2D eigenvalue weighted by Gasteiger charge is -2.11. The van der Waals surface area contributed by atoms with Gasteiger partial charge >= 0.3 is 5.97 Å². The number of carbonyl (C=O) groups excluding carboxylic acids is 1. The van der Waals surface area contributed by atoms with Crippen molar-refractivity contribution >= 4 is 29.3 Å². The van der Waals surface area contributed by atoms with E-state index in [0.29, 0.717) is 17.0 Å². The maximum atomic E-state index is 11.1. The molecule has 1 aromatic carbocycles. The van der Waals surface area contributed by atoms with Gasteiger partial charge < -0.3 is 4.74 Å². The predicted octanol–water partition coefficient (Wildman–Crippen LogP) is 3.26. The lowest BCUT2D eigenvalue weighted by Crippen LogP contribution is -2.08. The molecule has 0 heterocycles. The van der Waals surface area contributed by atoms with Crippen LogP contribution in [0.5, 0.6) is 0 Å². The Labute approximate surface area is 110 Å². The summed E-state index contributed by atoms with van der Waals surface area (Å²) in [4.78, 5) is 11.9. The van der Waals surface area contributed by atoms with Crippen molar-refractivity contribution in [1.82, 2.24) is 0 Å². The topological polar surface area (TPSA) is 50.1 Å². The fraction of sp³-hybridized carbons (Fsp3) is 0.333. The molecule has 0 aliphatic carbocycles. The van der Waals surface area contributed by atoms with Crippen LogP contribution in [0.15, 0.2) is 23.1 Å². The van der Waals surface area contributed by atoms with Gasteiger partial charge in [-0.25, -0.2) is 0 Å². The zero-order valence-electron chi connectivity index (χ0n) is 9.57. The number of ether oxygens (including phenoxy) is 1. The van der Waals surface area contributed by atoms with Crippen LogP contribution < -0.4 is 0 Å². The molecule has 90 valence electrons. The molecule has 0 aliphatic heterocycles. The number of carbonyl (C=O) groups is 1. The van der Waals surface area contributed by atoms with Crippen molar-refractivity contribution in [2.45, 2.75) is 23.5 Å². The van der Waals surface area contributed by atoms with Gasteiger partial charge in [-0.2, -0.15) is 5.26 Å². The summed E-state index contributed by atoms with van der Waals surface area (Å²) in [6, 6.07) is 7.35. The van der Waals surface area contributed by atoms with Crippen LogP contribution in [0.4, 0.5) is 0 Å². The first-order chi connectivity index (χ1) is 8.08. The second-order valence-electron chi connectivity index (χ2n) is 3.43. The molecule has 0 aliphatic rings. The number of esters is 1. The maximum Gasteiger partial charge on any atom is 0.306 e. The van der Waals surface area contributed by atoms with Crippen LogP contribution in [-0.4, -0.2) is 18.3 Å². The standard InChI is InChI=1S/C12H12ClNO2S/c1-8(6-12(15)16-2)17-11-5-3-4-10(13)9(11)7-14/h3-5,8H,6H2,1-2H3. The molecule has 1 rings (SSSR count). The summed E-state index contributed by atoms with van der Waals surface area (Å²) in [5.74, 6) is -0.259. The van der Waals surface area contributed by atoms with E-state index < -0.39 is 0 Å². The van der Waals surface area contributed by atoms with Crippen molar-refractivity contribution in [1.29, 1.82) is 5.26 Å². The third kappa shape index (κ3) is 3.95. The molecule has 0 fully saturated rings. The number of hydrogen-bond acceptors (Lipinski definition) is 4. The van der Waals surface area contributed by atoms with Crippen LogP contribution >= 0.6 is 23.4 Å². The van der Waals surface area contributed by atoms with Gasteiger partial charge in [0, 0.05) is 10.1 Å². The molecule has 1 unspecified atom stereocenters. The van der Waals surface area contributed by atoms with Crippen molar-refractivity contribution in [2.75, 3.05) is 7.11 Å². The van der Waals surface area contributed by atoms with E-state index in [0.717, 1.165) is 4.90 Å². The number of nitriles is 1. The minimum absolute atomic E-state index is 0.0352. The van der Waals surface area contributed by atoms with Gasteiger partial charge in [-0.15, -0.1) is 11.8 Å². The zero-order chi connectivity index (χ0) is 12.8. The molecule has 0 saturated heterocycles. The second kappa shape index (κ2) is 6.53. The molecule has 0 aromatic heterocycles. The Bertz CT molecular complexity index is 456. The molecule has 1 atom stereocenters. The maximum absolute atomic E-state index is 11.1. The van der Waals surface area contributed by atoms with E-state index >= 15 is 0 Å². The summed E-state index contributed by atoms with van der Waals surface area (Å²) in [7, 11) is 1.36. The van der Waals surface area contributed by atoms with Crippen LogP contribution in [0.3, 0.4) is 0 Å². The minimum Gasteiger partial charge on any atom is -0.469 e. The van der Waals surface area contributed by atoms with Gasteiger partial charge in [0.1, 0.15) is 6.07 Å². The number of methoxy groups -OCH3 is 1. The van der Waals surface area contributed by atoms with Crippen LogP contribution in [-0.2, 0) is 9.53 Å². The lowest BCUT2D eigenvalue weighted by molar-refractivity contribution is -0.140. The SMILES string of the molecule is COC(=O)CC(C)Sc1cccc(Cl)c1C#N. The number of hydrogen-bond donors (Lipinski definition) is 0. The first-order valence-electron chi connectivity index (χ1n) is 5.00. The smallest absolute Gasteiger partial charge is 0.306 e. The van der Waals surface area contributed by atoms with Gasteiger partial charge in [0.15, 0.2) is 0 Å². The van der Waals surface area contributed by atoms with Crippen LogP contribution in [0.2, 0.25) is 5.02 Å². The quantitative estimate of drug-likeness (QED) is 0.622. The highest BCUT2D eigenvalue weighted by Gasteiger charge is 2.14. The minimum atomic E-state index is -0.259. The van der Waals surface area contributed by atoms with Gasteiger partial charge in [-0.3, -0.25) is 4.79 Å². The molecule has 0 bridgehead atoms. The molecule has 5 heteroatoms. The van der Waals surface area contributed by atoms with Crippen LogP contribution in [0.25, 0.3) is 0 Å². The first-order valence-corrected chi connectivity index (χ1v) is 6.26.